The molecule has 3 aromatic heterocycles. The minimum absolute atomic E-state index is 0.524. The molecule has 7 heteroatoms. The van der Waals surface area contributed by atoms with E-state index in [1.807, 2.05) is 16.8 Å². The Morgan fingerprint density at radius 3 is 2.89 bits per heavy atom. The summed E-state index contributed by atoms with van der Waals surface area (Å²) in [5, 5.41) is 8.43. The second kappa shape index (κ2) is 9.88. The molecule has 190 valence electrons. The molecule has 0 aliphatic carbocycles. The molecule has 0 radical (unpaired) electrons. The third kappa shape index (κ3) is 4.66. The first-order valence-corrected chi connectivity index (χ1v) is 13.5. The number of hydrogen-bond acceptors (Lipinski definition) is 6. The van der Waals surface area contributed by atoms with E-state index in [1.165, 1.54) is 29.7 Å². The highest BCUT2D eigenvalue weighted by molar-refractivity contribution is 5.77. The lowest BCUT2D eigenvalue weighted by atomic mass is 9.96. The van der Waals surface area contributed by atoms with E-state index in [0.717, 1.165) is 66.7 Å². The summed E-state index contributed by atoms with van der Waals surface area (Å²) in [4.78, 5) is 14.4. The molecule has 1 saturated heterocycles. The fourth-order valence-electron chi connectivity index (χ4n) is 5.66. The molecule has 1 N–H and O–H groups in total. The maximum Gasteiger partial charge on any atom is 0.177 e. The Morgan fingerprint density at radius 1 is 1.14 bits per heavy atom. The van der Waals surface area contributed by atoms with Crippen LogP contribution in [-0.4, -0.2) is 43.6 Å². The first-order chi connectivity index (χ1) is 18.1. The Kier molecular flexibility index (Phi) is 6.28. The highest BCUT2D eigenvalue weighted by atomic mass is 15.3. The first-order valence-electron chi connectivity index (χ1n) is 13.5. The van der Waals surface area contributed by atoms with Crippen LogP contribution in [0, 0.1) is 0 Å². The number of fused-ring (bicyclic) bond motifs is 2. The Hall–Kier alpha value is -3.87. The molecule has 1 atom stereocenters. The second-order valence-corrected chi connectivity index (χ2v) is 10.2. The lowest BCUT2D eigenvalue weighted by Gasteiger charge is -2.31. The van der Waals surface area contributed by atoms with Crippen LogP contribution in [0.15, 0.2) is 66.6 Å². The monoisotopic (exact) mass is 493 g/mol. The topological polar surface area (TPSA) is 61.6 Å². The van der Waals surface area contributed by atoms with E-state index in [2.05, 4.69) is 83.3 Å². The standard InChI is InChI=1S/C30H35N7/c1-4-7-21(2)35-16-13-23-11-12-24(18-25(23)20-35)26-19-27(30-31-14-17-37(30)34-26)32-28-9-5-10-29(33-28)36-15-6-8-22(36)3/h5,7,9-12,14,17-19,22H,4,6,8,13,15-16,20H2,1-3H3,(H,32,33)/b21-7-. The van der Waals surface area contributed by atoms with Crippen molar-refractivity contribution in [3.63, 3.8) is 0 Å². The van der Waals surface area contributed by atoms with Gasteiger partial charge in [0.25, 0.3) is 0 Å². The number of nitrogens with zero attached hydrogens (tertiary/aromatic N) is 6. The first kappa shape index (κ1) is 23.5. The summed E-state index contributed by atoms with van der Waals surface area (Å²) in [6, 6.07) is 15.6. The van der Waals surface area contributed by atoms with Crippen molar-refractivity contribution in [2.45, 2.75) is 59.0 Å². The molecule has 0 bridgehead atoms. The van der Waals surface area contributed by atoms with Crippen LogP contribution in [0.4, 0.5) is 17.3 Å². The molecular weight excluding hydrogens is 458 g/mol. The molecule has 7 nitrogen and oxygen atoms in total. The van der Waals surface area contributed by atoms with Crippen LogP contribution in [-0.2, 0) is 13.0 Å². The van der Waals surface area contributed by atoms with Gasteiger partial charge in [-0.15, -0.1) is 0 Å². The van der Waals surface area contributed by atoms with Crippen molar-refractivity contribution >= 4 is 23.0 Å². The van der Waals surface area contributed by atoms with Crippen molar-refractivity contribution < 1.29 is 0 Å². The Bertz CT molecular complexity index is 1450. The summed E-state index contributed by atoms with van der Waals surface area (Å²) in [5.41, 5.74) is 7.89. The average molecular weight is 494 g/mol. The summed E-state index contributed by atoms with van der Waals surface area (Å²) in [6.07, 6.45) is 10.6. The van der Waals surface area contributed by atoms with Crippen molar-refractivity contribution in [3.05, 3.63) is 77.8 Å². The number of hydrogen-bond donors (Lipinski definition) is 1. The molecule has 1 unspecified atom stereocenters. The van der Waals surface area contributed by atoms with Crippen LogP contribution in [0.25, 0.3) is 16.9 Å². The highest BCUT2D eigenvalue weighted by Gasteiger charge is 2.22. The van der Waals surface area contributed by atoms with E-state index in [4.69, 9.17) is 10.1 Å². The van der Waals surface area contributed by atoms with Gasteiger partial charge in [-0.3, -0.25) is 0 Å². The van der Waals surface area contributed by atoms with Gasteiger partial charge in [-0.25, -0.2) is 14.5 Å². The predicted octanol–water partition coefficient (Wildman–Crippen LogP) is 6.20. The summed E-state index contributed by atoms with van der Waals surface area (Å²) in [7, 11) is 0. The molecule has 6 rings (SSSR count). The number of imidazole rings is 1. The molecule has 2 aliphatic heterocycles. The van der Waals surface area contributed by atoms with Crippen LogP contribution in [0.5, 0.6) is 0 Å². The molecule has 4 aromatic rings. The van der Waals surface area contributed by atoms with E-state index in [1.54, 1.807) is 6.20 Å². The third-order valence-corrected chi connectivity index (χ3v) is 7.72. The van der Waals surface area contributed by atoms with Gasteiger partial charge in [0.05, 0.1) is 11.4 Å². The number of pyridine rings is 1. The van der Waals surface area contributed by atoms with Gasteiger partial charge in [-0.05, 0) is 74.9 Å². The zero-order chi connectivity index (χ0) is 25.4. The maximum absolute atomic E-state index is 4.94. The van der Waals surface area contributed by atoms with Crippen LogP contribution < -0.4 is 10.2 Å². The number of anilines is 3. The normalized spacial score (nSPS) is 17.9. The van der Waals surface area contributed by atoms with Gasteiger partial charge in [0.2, 0.25) is 0 Å². The van der Waals surface area contributed by atoms with Gasteiger partial charge in [-0.2, -0.15) is 5.10 Å². The highest BCUT2D eigenvalue weighted by Crippen LogP contribution is 2.31. The molecular formula is C30H35N7. The molecule has 37 heavy (non-hydrogen) atoms. The minimum atomic E-state index is 0.524. The molecule has 1 aromatic carbocycles. The summed E-state index contributed by atoms with van der Waals surface area (Å²) in [6.45, 7) is 9.77. The van der Waals surface area contributed by atoms with Crippen LogP contribution in [0.1, 0.15) is 51.2 Å². The van der Waals surface area contributed by atoms with Gasteiger partial charge in [-0.1, -0.05) is 31.2 Å². The SMILES string of the molecule is CC/C=C(/C)N1CCc2ccc(-c3cc(Nc4cccc(N5CCCC5C)n4)c4nccn4n3)cc2C1. The van der Waals surface area contributed by atoms with Gasteiger partial charge in [0.15, 0.2) is 5.65 Å². The lowest BCUT2D eigenvalue weighted by Crippen LogP contribution is -2.29. The largest absolute Gasteiger partial charge is 0.371 e. The van der Waals surface area contributed by atoms with E-state index in [0.29, 0.717) is 6.04 Å². The summed E-state index contributed by atoms with van der Waals surface area (Å²) < 4.78 is 1.85. The van der Waals surface area contributed by atoms with E-state index in [-0.39, 0.29) is 0 Å². The lowest BCUT2D eigenvalue weighted by molar-refractivity contribution is 0.322. The minimum Gasteiger partial charge on any atom is -0.371 e. The number of rotatable bonds is 6. The van der Waals surface area contributed by atoms with Crippen molar-refractivity contribution in [2.75, 3.05) is 23.3 Å². The van der Waals surface area contributed by atoms with Crippen molar-refractivity contribution in [1.82, 2.24) is 24.5 Å². The van der Waals surface area contributed by atoms with E-state index >= 15 is 0 Å². The van der Waals surface area contributed by atoms with E-state index in [9.17, 15) is 0 Å². The second-order valence-electron chi connectivity index (χ2n) is 10.2. The molecule has 0 saturated carbocycles. The zero-order valence-corrected chi connectivity index (χ0v) is 22.0. The predicted molar refractivity (Wildman–Crippen MR) is 150 cm³/mol. The van der Waals surface area contributed by atoms with E-state index < -0.39 is 0 Å². The Balaban J connectivity index is 1.32. The van der Waals surface area contributed by atoms with Gasteiger partial charge < -0.3 is 15.1 Å². The zero-order valence-electron chi connectivity index (χ0n) is 22.0. The number of allylic oxidation sites excluding steroid dienone is 2. The number of aromatic nitrogens is 4. The molecule has 0 spiro atoms. The van der Waals surface area contributed by atoms with Crippen molar-refractivity contribution in [1.29, 1.82) is 0 Å². The van der Waals surface area contributed by atoms with Crippen LogP contribution in [0.2, 0.25) is 0 Å². The molecule has 1 fully saturated rings. The third-order valence-electron chi connectivity index (χ3n) is 7.72. The Morgan fingerprint density at radius 2 is 2.05 bits per heavy atom. The maximum atomic E-state index is 4.94. The molecule has 0 amide bonds. The van der Waals surface area contributed by atoms with Gasteiger partial charge >= 0.3 is 0 Å². The van der Waals surface area contributed by atoms with Crippen LogP contribution in [0.3, 0.4) is 0 Å². The fraction of sp³-hybridized carbons (Fsp3) is 0.367. The summed E-state index contributed by atoms with van der Waals surface area (Å²) >= 11 is 0. The number of benzene rings is 1. The average Bonchev–Trinajstić information content (AvgIpc) is 3.57. The van der Waals surface area contributed by atoms with Gasteiger partial charge in [0.1, 0.15) is 11.6 Å². The Labute approximate surface area is 218 Å². The number of nitrogens with one attached hydrogen (secondary N) is 1. The smallest absolute Gasteiger partial charge is 0.177 e. The van der Waals surface area contributed by atoms with Crippen LogP contribution >= 0.6 is 0 Å². The molecule has 5 heterocycles. The fourth-order valence-corrected chi connectivity index (χ4v) is 5.66. The summed E-state index contributed by atoms with van der Waals surface area (Å²) in [5.74, 6) is 1.84. The molecule has 2 aliphatic rings. The van der Waals surface area contributed by atoms with Gasteiger partial charge in [0, 0.05) is 49.3 Å². The van der Waals surface area contributed by atoms with Crippen molar-refractivity contribution in [2.24, 2.45) is 0 Å². The van der Waals surface area contributed by atoms with Crippen molar-refractivity contribution in [3.8, 4) is 11.3 Å². The quantitative estimate of drug-likeness (QED) is 0.345.